The molecule has 104 valence electrons. The van der Waals surface area contributed by atoms with E-state index in [0.717, 1.165) is 14.5 Å². The molecule has 0 saturated carbocycles. The van der Waals surface area contributed by atoms with Crippen LogP contribution in [0.1, 0.15) is 5.56 Å². The molecule has 1 aromatic rings. The van der Waals surface area contributed by atoms with Gasteiger partial charge in [-0.05, 0) is 67.8 Å². The van der Waals surface area contributed by atoms with Gasteiger partial charge in [0, 0.05) is 0 Å². The molecule has 0 aromatic heterocycles. The smallest absolute Gasteiger partial charge is 0.273 e. The molecule has 1 amide bonds. The molecular formula is C13H10Br2N2O2S. The molecule has 0 aliphatic carbocycles. The standard InChI is InChI=1S/C13H10Br2N2O2S/c1-2-3-19-11-8(14)4-7(5-9(11)15)6-10-12(18)17-13(20)16-10/h2,4-6H,1,3H2,(H2,16,17,18,20)/b10-6-. The lowest BCUT2D eigenvalue weighted by atomic mass is 10.2. The van der Waals surface area contributed by atoms with Gasteiger partial charge in [0.05, 0.1) is 8.95 Å². The van der Waals surface area contributed by atoms with Gasteiger partial charge >= 0.3 is 0 Å². The Hall–Kier alpha value is -1.18. The van der Waals surface area contributed by atoms with Crippen molar-refractivity contribution in [3.05, 3.63) is 45.0 Å². The number of carbonyl (C=O) groups is 1. The fourth-order valence-corrected chi connectivity index (χ4v) is 3.25. The number of thiocarbonyl (C=S) groups is 1. The molecule has 0 bridgehead atoms. The summed E-state index contributed by atoms with van der Waals surface area (Å²) in [5.41, 5.74) is 1.24. The maximum atomic E-state index is 11.6. The van der Waals surface area contributed by atoms with Gasteiger partial charge in [0.2, 0.25) is 0 Å². The summed E-state index contributed by atoms with van der Waals surface area (Å²) in [6, 6.07) is 3.71. The monoisotopic (exact) mass is 416 g/mol. The zero-order valence-electron chi connectivity index (χ0n) is 10.2. The average Bonchev–Trinajstić information content (AvgIpc) is 2.67. The molecule has 1 saturated heterocycles. The van der Waals surface area contributed by atoms with Gasteiger partial charge in [-0.25, -0.2) is 0 Å². The van der Waals surface area contributed by atoms with Crippen LogP contribution in [0, 0.1) is 0 Å². The lowest BCUT2D eigenvalue weighted by Gasteiger charge is -2.09. The highest BCUT2D eigenvalue weighted by Crippen LogP contribution is 2.35. The Bertz CT molecular complexity index is 606. The van der Waals surface area contributed by atoms with Crippen molar-refractivity contribution in [3.63, 3.8) is 0 Å². The summed E-state index contributed by atoms with van der Waals surface area (Å²) in [5.74, 6) is 0.445. The highest BCUT2D eigenvalue weighted by molar-refractivity contribution is 9.11. The predicted molar refractivity (Wildman–Crippen MR) is 89.4 cm³/mol. The summed E-state index contributed by atoms with van der Waals surface area (Å²) in [4.78, 5) is 11.6. The number of halogens is 2. The largest absolute Gasteiger partial charge is 0.487 e. The van der Waals surface area contributed by atoms with E-state index in [1.54, 1.807) is 12.2 Å². The quantitative estimate of drug-likeness (QED) is 0.449. The SMILES string of the molecule is C=CCOc1c(Br)cc(/C=C2\NC(=S)NC2=O)cc1Br. The molecule has 1 aromatic carbocycles. The summed E-state index contributed by atoms with van der Waals surface area (Å²) >= 11 is 11.8. The maximum Gasteiger partial charge on any atom is 0.273 e. The van der Waals surface area contributed by atoms with Crippen LogP contribution in [0.5, 0.6) is 5.75 Å². The summed E-state index contributed by atoms with van der Waals surface area (Å²) in [6.07, 6.45) is 3.38. The molecule has 7 heteroatoms. The van der Waals surface area contributed by atoms with Crippen molar-refractivity contribution in [2.24, 2.45) is 0 Å². The molecule has 2 N–H and O–H groups in total. The van der Waals surface area contributed by atoms with Crippen molar-refractivity contribution in [2.75, 3.05) is 6.61 Å². The van der Waals surface area contributed by atoms with Gasteiger partial charge in [-0.2, -0.15) is 0 Å². The third-order valence-corrected chi connectivity index (χ3v) is 3.78. The summed E-state index contributed by atoms with van der Waals surface area (Å²) in [5, 5.41) is 5.62. The Morgan fingerprint density at radius 1 is 1.30 bits per heavy atom. The van der Waals surface area contributed by atoms with Crippen LogP contribution in [0.2, 0.25) is 0 Å². The number of benzene rings is 1. The van der Waals surface area contributed by atoms with Crippen LogP contribution in [0.4, 0.5) is 0 Å². The fourth-order valence-electron chi connectivity index (χ4n) is 1.59. The number of amides is 1. The second-order valence-corrected chi connectivity index (χ2v) is 6.00. The van der Waals surface area contributed by atoms with E-state index in [0.29, 0.717) is 23.2 Å². The molecule has 1 aliphatic heterocycles. The number of rotatable bonds is 4. The van der Waals surface area contributed by atoms with E-state index >= 15 is 0 Å². The minimum absolute atomic E-state index is 0.241. The minimum Gasteiger partial charge on any atom is -0.487 e. The Kier molecular flexibility index (Phi) is 4.95. The van der Waals surface area contributed by atoms with E-state index in [9.17, 15) is 4.79 Å². The Morgan fingerprint density at radius 3 is 2.45 bits per heavy atom. The Balaban J connectivity index is 2.31. The number of carbonyl (C=O) groups excluding carboxylic acids is 1. The zero-order chi connectivity index (χ0) is 14.7. The lowest BCUT2D eigenvalue weighted by molar-refractivity contribution is -0.115. The van der Waals surface area contributed by atoms with E-state index in [-0.39, 0.29) is 5.91 Å². The highest BCUT2D eigenvalue weighted by atomic mass is 79.9. The van der Waals surface area contributed by atoms with Crippen LogP contribution >= 0.6 is 44.1 Å². The molecule has 0 unspecified atom stereocenters. The molecule has 0 radical (unpaired) electrons. The lowest BCUT2D eigenvalue weighted by Crippen LogP contribution is -2.21. The first-order chi connectivity index (χ1) is 9.51. The second kappa shape index (κ2) is 6.51. The van der Waals surface area contributed by atoms with Crippen LogP contribution < -0.4 is 15.4 Å². The maximum absolute atomic E-state index is 11.6. The van der Waals surface area contributed by atoms with Crippen LogP contribution in [0.3, 0.4) is 0 Å². The third kappa shape index (κ3) is 3.47. The van der Waals surface area contributed by atoms with E-state index in [2.05, 4.69) is 49.1 Å². The molecule has 0 atom stereocenters. The average molecular weight is 418 g/mol. The first-order valence-corrected chi connectivity index (χ1v) is 7.57. The number of ether oxygens (including phenoxy) is 1. The van der Waals surface area contributed by atoms with Crippen molar-refractivity contribution in [2.45, 2.75) is 0 Å². The van der Waals surface area contributed by atoms with Gasteiger partial charge in [-0.1, -0.05) is 12.7 Å². The Morgan fingerprint density at radius 2 is 1.95 bits per heavy atom. The molecule has 4 nitrogen and oxygen atoms in total. The van der Waals surface area contributed by atoms with Crippen LogP contribution in [-0.2, 0) is 4.79 Å². The number of nitrogens with one attached hydrogen (secondary N) is 2. The van der Waals surface area contributed by atoms with Crippen LogP contribution in [-0.4, -0.2) is 17.6 Å². The molecule has 1 aliphatic rings. The van der Waals surface area contributed by atoms with E-state index < -0.39 is 0 Å². The summed E-state index contributed by atoms with van der Waals surface area (Å²) in [7, 11) is 0. The summed E-state index contributed by atoms with van der Waals surface area (Å²) < 4.78 is 7.09. The predicted octanol–water partition coefficient (Wildman–Crippen LogP) is 3.12. The van der Waals surface area contributed by atoms with Gasteiger partial charge in [-0.15, -0.1) is 0 Å². The molecule has 1 heterocycles. The van der Waals surface area contributed by atoms with Crippen LogP contribution in [0.15, 0.2) is 39.4 Å². The van der Waals surface area contributed by atoms with Gasteiger partial charge in [0.25, 0.3) is 5.91 Å². The first-order valence-electron chi connectivity index (χ1n) is 5.58. The fraction of sp³-hybridized carbons (Fsp3) is 0.0769. The molecule has 0 spiro atoms. The van der Waals surface area contributed by atoms with Crippen molar-refractivity contribution < 1.29 is 9.53 Å². The third-order valence-electron chi connectivity index (χ3n) is 2.40. The molecule has 20 heavy (non-hydrogen) atoms. The van der Waals surface area contributed by atoms with E-state index in [1.807, 2.05) is 12.1 Å². The van der Waals surface area contributed by atoms with Gasteiger partial charge < -0.3 is 10.1 Å². The number of hydrogen-bond donors (Lipinski definition) is 2. The topological polar surface area (TPSA) is 50.4 Å². The van der Waals surface area contributed by atoms with E-state index in [4.69, 9.17) is 17.0 Å². The van der Waals surface area contributed by atoms with Gasteiger partial charge in [0.1, 0.15) is 18.1 Å². The van der Waals surface area contributed by atoms with Gasteiger partial charge in [0.15, 0.2) is 5.11 Å². The number of hydrogen-bond acceptors (Lipinski definition) is 3. The van der Waals surface area contributed by atoms with Crippen molar-refractivity contribution in [3.8, 4) is 5.75 Å². The molecule has 1 fully saturated rings. The first kappa shape index (κ1) is 15.2. The van der Waals surface area contributed by atoms with Gasteiger partial charge in [-0.3, -0.25) is 10.1 Å². The highest BCUT2D eigenvalue weighted by Gasteiger charge is 2.20. The normalized spacial score (nSPS) is 16.0. The Labute approximate surface area is 138 Å². The minimum atomic E-state index is -0.241. The van der Waals surface area contributed by atoms with Crippen molar-refractivity contribution in [1.29, 1.82) is 0 Å². The van der Waals surface area contributed by atoms with Crippen LogP contribution in [0.25, 0.3) is 6.08 Å². The molecular weight excluding hydrogens is 408 g/mol. The van der Waals surface area contributed by atoms with Crippen molar-refractivity contribution in [1.82, 2.24) is 10.6 Å². The van der Waals surface area contributed by atoms with E-state index in [1.165, 1.54) is 0 Å². The summed E-state index contributed by atoms with van der Waals surface area (Å²) in [6.45, 7) is 4.02. The zero-order valence-corrected chi connectivity index (χ0v) is 14.2. The molecule has 2 rings (SSSR count). The van der Waals surface area contributed by atoms with Crippen molar-refractivity contribution >= 4 is 61.2 Å². The second-order valence-electron chi connectivity index (χ2n) is 3.88.